The van der Waals surface area contributed by atoms with Crippen molar-refractivity contribution in [2.24, 2.45) is 5.92 Å². The molecule has 0 spiro atoms. The predicted octanol–water partition coefficient (Wildman–Crippen LogP) is 7.27. The number of carbonyl (C=O) groups is 2. The molecule has 0 aliphatic carbocycles. The summed E-state index contributed by atoms with van der Waals surface area (Å²) in [5.41, 5.74) is 3.02. The molecule has 0 aromatic heterocycles. The Morgan fingerprint density at radius 3 is 2.16 bits per heavy atom. The van der Waals surface area contributed by atoms with Gasteiger partial charge in [0.1, 0.15) is 0 Å². The number of nitrogens with one attached hydrogen (secondary N) is 2. The summed E-state index contributed by atoms with van der Waals surface area (Å²) in [4.78, 5) is 27.4. The van der Waals surface area contributed by atoms with E-state index in [2.05, 4.69) is 17.6 Å². The Balaban J connectivity index is 1.93. The Labute approximate surface area is 229 Å². The van der Waals surface area contributed by atoms with Crippen molar-refractivity contribution in [2.75, 3.05) is 18.5 Å². The van der Waals surface area contributed by atoms with Crippen LogP contribution >= 0.6 is 12.2 Å². The highest BCUT2D eigenvalue weighted by Crippen LogP contribution is 2.32. The van der Waals surface area contributed by atoms with Crippen LogP contribution in [0.15, 0.2) is 35.5 Å². The molecule has 0 fully saturated rings. The summed E-state index contributed by atoms with van der Waals surface area (Å²) in [5, 5.41) is 6.90. The van der Waals surface area contributed by atoms with E-state index in [-0.39, 0.29) is 17.8 Å². The zero-order valence-electron chi connectivity index (χ0n) is 23.5. The Morgan fingerprint density at radius 1 is 1.00 bits per heavy atom. The Kier molecular flexibility index (Phi) is 13.7. The van der Waals surface area contributed by atoms with E-state index < -0.39 is 6.04 Å². The molecule has 7 heteroatoms. The smallest absolute Gasteiger partial charge is 0.338 e. The number of hydrogen-bond donors (Lipinski definition) is 2. The van der Waals surface area contributed by atoms with E-state index >= 15 is 0 Å². The first-order chi connectivity index (χ1) is 17.8. The van der Waals surface area contributed by atoms with E-state index in [0.29, 0.717) is 30.3 Å². The van der Waals surface area contributed by atoms with Crippen LogP contribution < -0.4 is 10.6 Å². The molecule has 6 nitrogen and oxygen atoms in total. The average Bonchev–Trinajstić information content (AvgIpc) is 2.86. The summed E-state index contributed by atoms with van der Waals surface area (Å²) in [6.07, 6.45) is 11.6. The van der Waals surface area contributed by atoms with E-state index in [9.17, 15) is 9.59 Å². The number of anilines is 1. The summed E-state index contributed by atoms with van der Waals surface area (Å²) >= 11 is 5.57. The monoisotopic (exact) mass is 529 g/mol. The molecule has 1 heterocycles. The number of ether oxygens (including phenoxy) is 1. The van der Waals surface area contributed by atoms with Crippen LogP contribution in [-0.2, 0) is 14.3 Å². The van der Waals surface area contributed by atoms with Crippen molar-refractivity contribution in [3.05, 3.63) is 41.1 Å². The minimum atomic E-state index is -0.401. The van der Waals surface area contributed by atoms with E-state index in [1.165, 1.54) is 44.9 Å². The highest BCUT2D eigenvalue weighted by molar-refractivity contribution is 7.80. The zero-order chi connectivity index (χ0) is 27.2. The fourth-order valence-corrected chi connectivity index (χ4v) is 4.96. The largest absolute Gasteiger partial charge is 0.462 e. The number of esters is 1. The number of carbonyl (C=O) groups excluding carboxylic acids is 2. The molecular weight excluding hydrogens is 482 g/mol. The van der Waals surface area contributed by atoms with Crippen LogP contribution in [0, 0.1) is 5.92 Å². The third-order valence-corrected chi connectivity index (χ3v) is 7.05. The number of nitrogens with zero attached hydrogens (tertiary/aromatic N) is 1. The van der Waals surface area contributed by atoms with Gasteiger partial charge in [0, 0.05) is 24.4 Å². The molecule has 206 valence electrons. The fourth-order valence-electron chi connectivity index (χ4n) is 4.58. The van der Waals surface area contributed by atoms with Crippen LogP contribution in [0.2, 0.25) is 0 Å². The van der Waals surface area contributed by atoms with Crippen molar-refractivity contribution in [2.45, 2.75) is 105 Å². The summed E-state index contributed by atoms with van der Waals surface area (Å²) in [7, 11) is 0. The van der Waals surface area contributed by atoms with Gasteiger partial charge in [0.2, 0.25) is 5.91 Å². The van der Waals surface area contributed by atoms with Crippen LogP contribution in [0.5, 0.6) is 0 Å². The molecule has 1 atom stereocenters. The van der Waals surface area contributed by atoms with Crippen LogP contribution in [0.4, 0.5) is 5.69 Å². The van der Waals surface area contributed by atoms with Gasteiger partial charge in [-0.15, -0.1) is 0 Å². The highest BCUT2D eigenvalue weighted by atomic mass is 32.1. The molecule has 2 N–H and O–H groups in total. The van der Waals surface area contributed by atoms with E-state index in [0.717, 1.165) is 29.8 Å². The minimum absolute atomic E-state index is 0.0416. The number of unbranched alkanes of at least 4 members (excludes halogenated alkanes) is 8. The van der Waals surface area contributed by atoms with Crippen molar-refractivity contribution in [3.63, 3.8) is 0 Å². The van der Waals surface area contributed by atoms with E-state index in [1.54, 1.807) is 0 Å². The second-order valence-electron chi connectivity index (χ2n) is 10.4. The molecule has 1 unspecified atom stereocenters. The van der Waals surface area contributed by atoms with Crippen molar-refractivity contribution in [3.8, 4) is 0 Å². The zero-order valence-corrected chi connectivity index (χ0v) is 24.3. The number of allylic oxidation sites excluding steroid dienone is 1. The Morgan fingerprint density at radius 2 is 1.59 bits per heavy atom. The van der Waals surface area contributed by atoms with Gasteiger partial charge in [-0.1, -0.05) is 84.3 Å². The highest BCUT2D eigenvalue weighted by Gasteiger charge is 2.34. The first kappa shape index (κ1) is 30.8. The van der Waals surface area contributed by atoms with Crippen molar-refractivity contribution >= 4 is 34.9 Å². The number of benzene rings is 1. The van der Waals surface area contributed by atoms with Crippen LogP contribution in [0.1, 0.15) is 110 Å². The predicted molar refractivity (Wildman–Crippen MR) is 156 cm³/mol. The van der Waals surface area contributed by atoms with Gasteiger partial charge >= 0.3 is 5.97 Å². The summed E-state index contributed by atoms with van der Waals surface area (Å²) in [6, 6.07) is 7.22. The van der Waals surface area contributed by atoms with Gasteiger partial charge < -0.3 is 20.3 Å². The maximum atomic E-state index is 13.1. The molecule has 1 amide bonds. The SMILES string of the molecule is CCCCCCCCCCCC(=O)Nc1ccc(C2NC(=S)N(CC)C(C)=C2C(=O)OCC(C)C)cc1. The normalized spacial score (nSPS) is 15.7. The van der Waals surface area contributed by atoms with Crippen LogP contribution in [0.3, 0.4) is 0 Å². The van der Waals surface area contributed by atoms with E-state index in [4.69, 9.17) is 17.0 Å². The Hall–Kier alpha value is -2.41. The molecule has 1 aromatic rings. The Bertz CT molecular complexity index is 911. The lowest BCUT2D eigenvalue weighted by Gasteiger charge is -2.37. The molecule has 37 heavy (non-hydrogen) atoms. The van der Waals surface area contributed by atoms with Gasteiger partial charge in [0.05, 0.1) is 18.2 Å². The van der Waals surface area contributed by atoms with Crippen LogP contribution in [-0.4, -0.2) is 35.0 Å². The summed E-state index contributed by atoms with van der Waals surface area (Å²) in [5.74, 6) is -0.0374. The lowest BCUT2D eigenvalue weighted by atomic mass is 9.94. The summed E-state index contributed by atoms with van der Waals surface area (Å²) < 4.78 is 5.59. The third-order valence-electron chi connectivity index (χ3n) is 6.72. The maximum Gasteiger partial charge on any atom is 0.338 e. The molecule has 1 aromatic carbocycles. The fraction of sp³-hybridized carbons (Fsp3) is 0.633. The standard InChI is InChI=1S/C30H47N3O3S/c1-6-8-9-10-11-12-13-14-15-16-26(34)31-25-19-17-24(18-20-25)28-27(29(35)36-21-22(3)4)23(5)33(7-2)30(37)32-28/h17-20,22,28H,6-16,21H2,1-5H3,(H,31,34)(H,32,37). The third kappa shape index (κ3) is 10.1. The number of thiocarbonyl (C=S) groups is 1. The average molecular weight is 530 g/mol. The molecule has 2 rings (SSSR count). The van der Waals surface area contributed by atoms with E-state index in [1.807, 2.05) is 56.9 Å². The molecule has 0 saturated carbocycles. The first-order valence-corrected chi connectivity index (χ1v) is 14.5. The van der Waals surface area contributed by atoms with Gasteiger partial charge in [-0.2, -0.15) is 0 Å². The molecule has 0 bridgehead atoms. The molecular formula is C30H47N3O3S. The van der Waals surface area contributed by atoms with Gasteiger partial charge in [-0.3, -0.25) is 4.79 Å². The maximum absolute atomic E-state index is 13.1. The first-order valence-electron chi connectivity index (χ1n) is 14.1. The minimum Gasteiger partial charge on any atom is -0.462 e. The van der Waals surface area contributed by atoms with Gasteiger partial charge in [0.25, 0.3) is 0 Å². The molecule has 1 aliphatic rings. The second-order valence-corrected chi connectivity index (χ2v) is 10.8. The van der Waals surface area contributed by atoms with Crippen molar-refractivity contribution < 1.29 is 14.3 Å². The topological polar surface area (TPSA) is 70.7 Å². The van der Waals surface area contributed by atoms with Gasteiger partial charge in [-0.05, 0) is 56.1 Å². The molecule has 1 aliphatic heterocycles. The van der Waals surface area contributed by atoms with Crippen molar-refractivity contribution in [1.82, 2.24) is 10.2 Å². The van der Waals surface area contributed by atoms with Crippen LogP contribution in [0.25, 0.3) is 0 Å². The number of amides is 1. The number of rotatable bonds is 16. The lowest BCUT2D eigenvalue weighted by molar-refractivity contribution is -0.140. The van der Waals surface area contributed by atoms with Crippen molar-refractivity contribution in [1.29, 1.82) is 0 Å². The number of hydrogen-bond acceptors (Lipinski definition) is 4. The van der Waals surface area contributed by atoms with Gasteiger partial charge in [-0.25, -0.2) is 4.79 Å². The molecule has 0 saturated heterocycles. The quantitative estimate of drug-likeness (QED) is 0.133. The summed E-state index contributed by atoms with van der Waals surface area (Å²) in [6.45, 7) is 11.2. The second kappa shape index (κ2) is 16.4. The molecule has 0 radical (unpaired) electrons. The lowest BCUT2D eigenvalue weighted by Crippen LogP contribution is -2.47. The van der Waals surface area contributed by atoms with Gasteiger partial charge in [0.15, 0.2) is 5.11 Å².